The van der Waals surface area contributed by atoms with Crippen LogP contribution in [0.15, 0.2) is 10.7 Å². The SMILES string of the molecule is CCCn1ncc(Br)c1C(NN)C1(C)CC1. The maximum Gasteiger partial charge on any atom is 0.0714 e. The summed E-state index contributed by atoms with van der Waals surface area (Å²) in [6.45, 7) is 5.37. The molecule has 2 rings (SSSR count). The summed E-state index contributed by atoms with van der Waals surface area (Å²) in [5.41, 5.74) is 4.43. The van der Waals surface area contributed by atoms with E-state index in [1.807, 2.05) is 6.20 Å². The summed E-state index contributed by atoms with van der Waals surface area (Å²) in [4.78, 5) is 0. The minimum absolute atomic E-state index is 0.191. The topological polar surface area (TPSA) is 55.9 Å². The Morgan fingerprint density at radius 3 is 2.88 bits per heavy atom. The van der Waals surface area contributed by atoms with Crippen molar-refractivity contribution in [3.8, 4) is 0 Å². The molecule has 5 heteroatoms. The first-order valence-electron chi connectivity index (χ1n) is 5.79. The number of nitrogens with zero attached hydrogens (tertiary/aromatic N) is 2. The molecule has 1 fully saturated rings. The highest BCUT2D eigenvalue weighted by Gasteiger charge is 2.47. The van der Waals surface area contributed by atoms with E-state index in [2.05, 4.69) is 45.0 Å². The number of nitrogens with one attached hydrogen (secondary N) is 1. The number of halogens is 1. The van der Waals surface area contributed by atoms with Gasteiger partial charge in [-0.3, -0.25) is 16.0 Å². The molecule has 1 saturated carbocycles. The molecule has 1 aliphatic rings. The highest BCUT2D eigenvalue weighted by molar-refractivity contribution is 9.10. The molecule has 1 heterocycles. The number of aryl methyl sites for hydroxylation is 1. The van der Waals surface area contributed by atoms with Gasteiger partial charge in [0.1, 0.15) is 0 Å². The molecule has 4 nitrogen and oxygen atoms in total. The first kappa shape index (κ1) is 12.1. The van der Waals surface area contributed by atoms with Gasteiger partial charge >= 0.3 is 0 Å². The van der Waals surface area contributed by atoms with Crippen molar-refractivity contribution >= 4 is 15.9 Å². The van der Waals surface area contributed by atoms with E-state index in [4.69, 9.17) is 5.84 Å². The van der Waals surface area contributed by atoms with Gasteiger partial charge in [-0.25, -0.2) is 0 Å². The Hall–Kier alpha value is -0.390. The Kier molecular flexibility index (Phi) is 3.37. The summed E-state index contributed by atoms with van der Waals surface area (Å²) in [5, 5.41) is 4.39. The van der Waals surface area contributed by atoms with Crippen LogP contribution in [-0.2, 0) is 6.54 Å². The van der Waals surface area contributed by atoms with E-state index in [1.54, 1.807) is 0 Å². The molecule has 1 atom stereocenters. The van der Waals surface area contributed by atoms with E-state index in [0.29, 0.717) is 5.41 Å². The molecule has 0 spiro atoms. The van der Waals surface area contributed by atoms with E-state index in [1.165, 1.54) is 18.5 Å². The average molecular weight is 287 g/mol. The largest absolute Gasteiger partial charge is 0.271 e. The van der Waals surface area contributed by atoms with Crippen LogP contribution in [0.1, 0.15) is 44.8 Å². The number of hydrazine groups is 1. The van der Waals surface area contributed by atoms with Crippen molar-refractivity contribution in [3.05, 3.63) is 16.4 Å². The quantitative estimate of drug-likeness (QED) is 0.645. The summed E-state index contributed by atoms with van der Waals surface area (Å²) in [5.74, 6) is 5.71. The summed E-state index contributed by atoms with van der Waals surface area (Å²) in [7, 11) is 0. The number of rotatable bonds is 5. The van der Waals surface area contributed by atoms with E-state index < -0.39 is 0 Å². The summed E-state index contributed by atoms with van der Waals surface area (Å²) in [6, 6.07) is 0.191. The lowest BCUT2D eigenvalue weighted by molar-refractivity contribution is 0.345. The first-order chi connectivity index (χ1) is 7.62. The predicted molar refractivity (Wildman–Crippen MR) is 67.6 cm³/mol. The Morgan fingerprint density at radius 2 is 2.38 bits per heavy atom. The molecule has 16 heavy (non-hydrogen) atoms. The highest BCUT2D eigenvalue weighted by atomic mass is 79.9. The lowest BCUT2D eigenvalue weighted by Crippen LogP contribution is -2.35. The van der Waals surface area contributed by atoms with Crippen LogP contribution in [0.3, 0.4) is 0 Å². The third-order valence-corrected chi connectivity index (χ3v) is 4.06. The van der Waals surface area contributed by atoms with E-state index in [0.717, 1.165) is 17.4 Å². The van der Waals surface area contributed by atoms with Gasteiger partial charge in [-0.15, -0.1) is 0 Å². The normalized spacial score (nSPS) is 19.8. The number of aromatic nitrogens is 2. The van der Waals surface area contributed by atoms with Crippen LogP contribution in [0, 0.1) is 5.41 Å². The van der Waals surface area contributed by atoms with E-state index in [9.17, 15) is 0 Å². The van der Waals surface area contributed by atoms with Crippen LogP contribution in [0.4, 0.5) is 0 Å². The molecule has 0 radical (unpaired) electrons. The third kappa shape index (κ3) is 2.04. The molecule has 3 N–H and O–H groups in total. The second kappa shape index (κ2) is 4.47. The van der Waals surface area contributed by atoms with E-state index >= 15 is 0 Å². The molecular weight excluding hydrogens is 268 g/mol. The molecule has 0 amide bonds. The number of nitrogens with two attached hydrogens (primary N) is 1. The van der Waals surface area contributed by atoms with Crippen LogP contribution in [-0.4, -0.2) is 9.78 Å². The monoisotopic (exact) mass is 286 g/mol. The van der Waals surface area contributed by atoms with Crippen molar-refractivity contribution in [3.63, 3.8) is 0 Å². The zero-order valence-electron chi connectivity index (χ0n) is 9.83. The van der Waals surface area contributed by atoms with Gasteiger partial charge in [-0.05, 0) is 40.6 Å². The number of hydrogen-bond donors (Lipinski definition) is 2. The van der Waals surface area contributed by atoms with Gasteiger partial charge < -0.3 is 0 Å². The Balaban J connectivity index is 2.32. The third-order valence-electron chi connectivity index (χ3n) is 3.44. The second-order valence-corrected chi connectivity index (χ2v) is 5.71. The molecule has 1 aromatic rings. The van der Waals surface area contributed by atoms with Crippen molar-refractivity contribution in [1.82, 2.24) is 15.2 Å². The van der Waals surface area contributed by atoms with Crippen molar-refractivity contribution in [2.75, 3.05) is 0 Å². The minimum atomic E-state index is 0.191. The highest BCUT2D eigenvalue weighted by Crippen LogP contribution is 2.54. The molecule has 0 aromatic carbocycles. The molecule has 0 saturated heterocycles. The lowest BCUT2D eigenvalue weighted by Gasteiger charge is -2.24. The lowest BCUT2D eigenvalue weighted by atomic mass is 9.96. The zero-order chi connectivity index (χ0) is 11.8. The Labute approximate surface area is 105 Å². The molecule has 0 aliphatic heterocycles. The fourth-order valence-corrected chi connectivity index (χ4v) is 2.67. The summed E-state index contributed by atoms with van der Waals surface area (Å²) < 4.78 is 3.11. The fraction of sp³-hybridized carbons (Fsp3) is 0.727. The Bertz CT molecular complexity index is 370. The second-order valence-electron chi connectivity index (χ2n) is 4.85. The van der Waals surface area contributed by atoms with Gasteiger partial charge in [-0.2, -0.15) is 5.10 Å². The average Bonchev–Trinajstić information content (AvgIpc) is 2.90. The van der Waals surface area contributed by atoms with Gasteiger partial charge in [0.25, 0.3) is 0 Å². The minimum Gasteiger partial charge on any atom is -0.271 e. The van der Waals surface area contributed by atoms with Crippen molar-refractivity contribution < 1.29 is 0 Å². The molecule has 0 bridgehead atoms. The number of hydrogen-bond acceptors (Lipinski definition) is 3. The van der Waals surface area contributed by atoms with Crippen LogP contribution >= 0.6 is 15.9 Å². The van der Waals surface area contributed by atoms with Crippen LogP contribution in [0.2, 0.25) is 0 Å². The van der Waals surface area contributed by atoms with Gasteiger partial charge in [0.2, 0.25) is 0 Å². The molecule has 1 aromatic heterocycles. The Morgan fingerprint density at radius 1 is 1.69 bits per heavy atom. The van der Waals surface area contributed by atoms with Crippen LogP contribution < -0.4 is 11.3 Å². The predicted octanol–water partition coefficient (Wildman–Crippen LogP) is 2.36. The van der Waals surface area contributed by atoms with Crippen molar-refractivity contribution in [2.24, 2.45) is 11.3 Å². The maximum absolute atomic E-state index is 5.71. The van der Waals surface area contributed by atoms with Crippen molar-refractivity contribution in [2.45, 2.75) is 45.7 Å². The van der Waals surface area contributed by atoms with Gasteiger partial charge in [-0.1, -0.05) is 13.8 Å². The molecule has 1 unspecified atom stereocenters. The smallest absolute Gasteiger partial charge is 0.0714 e. The molecule has 1 aliphatic carbocycles. The van der Waals surface area contributed by atoms with Crippen LogP contribution in [0.25, 0.3) is 0 Å². The standard InChI is InChI=1S/C11H19BrN4/c1-3-6-16-9(8(12)7-14-16)10(15-13)11(2)4-5-11/h7,10,15H,3-6,13H2,1-2H3. The summed E-state index contributed by atoms with van der Waals surface area (Å²) >= 11 is 3.57. The van der Waals surface area contributed by atoms with Crippen molar-refractivity contribution in [1.29, 1.82) is 0 Å². The van der Waals surface area contributed by atoms with E-state index in [-0.39, 0.29) is 6.04 Å². The van der Waals surface area contributed by atoms with Gasteiger partial charge in [0.05, 0.1) is 22.4 Å². The molecular formula is C11H19BrN4. The fourth-order valence-electron chi connectivity index (χ4n) is 2.14. The zero-order valence-corrected chi connectivity index (χ0v) is 11.4. The maximum atomic E-state index is 5.71. The van der Waals surface area contributed by atoms with Gasteiger partial charge in [0, 0.05) is 6.54 Å². The first-order valence-corrected chi connectivity index (χ1v) is 6.59. The van der Waals surface area contributed by atoms with Crippen LogP contribution in [0.5, 0.6) is 0 Å². The molecule has 90 valence electrons. The summed E-state index contributed by atoms with van der Waals surface area (Å²) in [6.07, 6.45) is 5.40. The van der Waals surface area contributed by atoms with Gasteiger partial charge in [0.15, 0.2) is 0 Å².